The number of halogens is 1. The molecule has 2 atom stereocenters. The number of hydrogen-bond donors (Lipinski definition) is 0. The lowest BCUT2D eigenvalue weighted by molar-refractivity contribution is 0.133. The standard InChI is InChI=1S/C13H19ClN2O2S2/c1-12(2)4-9-5-13(3,7-12)8-16(9)20(17,18)10-6-15-11(14)19-10/h6,9H,4-5,7-8H2,1-3H3. The van der Waals surface area contributed by atoms with Crippen molar-refractivity contribution >= 4 is 33.0 Å². The van der Waals surface area contributed by atoms with Gasteiger partial charge in [0.25, 0.3) is 10.0 Å². The zero-order valence-corrected chi connectivity index (χ0v) is 14.3. The van der Waals surface area contributed by atoms with Crippen LogP contribution in [-0.4, -0.2) is 30.3 Å². The van der Waals surface area contributed by atoms with E-state index >= 15 is 0 Å². The fourth-order valence-corrected chi connectivity index (χ4v) is 7.36. The molecule has 3 rings (SSSR count). The minimum absolute atomic E-state index is 0.0912. The average molecular weight is 335 g/mol. The van der Waals surface area contributed by atoms with E-state index in [1.807, 2.05) is 0 Å². The normalized spacial score (nSPS) is 33.5. The summed E-state index contributed by atoms with van der Waals surface area (Å²) < 4.78 is 27.8. The Balaban J connectivity index is 1.96. The Bertz CT molecular complexity index is 641. The molecule has 1 aromatic rings. The number of sulfonamides is 1. The molecule has 1 aromatic heterocycles. The molecule has 1 saturated carbocycles. The highest BCUT2D eigenvalue weighted by molar-refractivity contribution is 7.91. The highest BCUT2D eigenvalue weighted by Crippen LogP contribution is 2.53. The third-order valence-corrected chi connectivity index (χ3v) is 7.84. The smallest absolute Gasteiger partial charge is 0.232 e. The second-order valence-electron chi connectivity index (χ2n) is 7.20. The van der Waals surface area contributed by atoms with Crippen LogP contribution in [0.1, 0.15) is 40.0 Å². The van der Waals surface area contributed by atoms with Gasteiger partial charge in [-0.3, -0.25) is 0 Å². The molecule has 2 unspecified atom stereocenters. The van der Waals surface area contributed by atoms with Gasteiger partial charge in [-0.15, -0.1) is 0 Å². The number of nitrogens with zero attached hydrogens (tertiary/aromatic N) is 2. The molecule has 4 nitrogen and oxygen atoms in total. The van der Waals surface area contributed by atoms with E-state index in [1.54, 1.807) is 4.31 Å². The monoisotopic (exact) mass is 334 g/mol. The lowest BCUT2D eigenvalue weighted by atomic mass is 9.65. The lowest BCUT2D eigenvalue weighted by Crippen LogP contribution is -2.37. The predicted molar refractivity (Wildman–Crippen MR) is 80.5 cm³/mol. The van der Waals surface area contributed by atoms with Crippen LogP contribution in [0.15, 0.2) is 10.4 Å². The van der Waals surface area contributed by atoms with Gasteiger partial charge in [0.2, 0.25) is 0 Å². The van der Waals surface area contributed by atoms with Gasteiger partial charge >= 0.3 is 0 Å². The maximum atomic E-state index is 12.8. The SMILES string of the molecule is CC1(C)CC2CC(C)(CN2S(=O)(=O)c2cnc(Cl)s2)C1. The Morgan fingerprint density at radius 3 is 2.70 bits per heavy atom. The summed E-state index contributed by atoms with van der Waals surface area (Å²) in [6.45, 7) is 7.28. The van der Waals surface area contributed by atoms with Crippen LogP contribution in [0, 0.1) is 10.8 Å². The molecule has 2 bridgehead atoms. The topological polar surface area (TPSA) is 50.3 Å². The van der Waals surface area contributed by atoms with Crippen molar-refractivity contribution in [3.8, 4) is 0 Å². The Morgan fingerprint density at radius 1 is 1.40 bits per heavy atom. The zero-order valence-electron chi connectivity index (χ0n) is 11.9. The van der Waals surface area contributed by atoms with Gasteiger partial charge in [0.05, 0.1) is 6.20 Å². The third-order valence-electron chi connectivity index (χ3n) is 4.39. The van der Waals surface area contributed by atoms with Crippen LogP contribution in [0.5, 0.6) is 0 Å². The van der Waals surface area contributed by atoms with E-state index in [4.69, 9.17) is 11.6 Å². The van der Waals surface area contributed by atoms with Gasteiger partial charge < -0.3 is 0 Å². The molecule has 2 aliphatic rings. The molecule has 2 heterocycles. The van der Waals surface area contributed by atoms with Crippen molar-refractivity contribution in [1.29, 1.82) is 0 Å². The second kappa shape index (κ2) is 4.41. The fraction of sp³-hybridized carbons (Fsp3) is 0.769. The number of thiazole rings is 1. The molecular formula is C13H19ClN2O2S2. The van der Waals surface area contributed by atoms with Gasteiger partial charge in [0, 0.05) is 12.6 Å². The number of rotatable bonds is 2. The summed E-state index contributed by atoms with van der Waals surface area (Å²) in [5.41, 5.74) is 0.293. The summed E-state index contributed by atoms with van der Waals surface area (Å²) in [4.78, 5) is 3.86. The molecule has 0 spiro atoms. The largest absolute Gasteiger partial charge is 0.254 e. The maximum absolute atomic E-state index is 12.8. The molecular weight excluding hydrogens is 316 g/mol. The first kappa shape index (κ1) is 14.8. The molecule has 1 aliphatic heterocycles. The second-order valence-corrected chi connectivity index (χ2v) is 10.9. The Morgan fingerprint density at radius 2 is 2.10 bits per heavy atom. The minimum Gasteiger partial charge on any atom is -0.232 e. The van der Waals surface area contributed by atoms with Crippen LogP contribution < -0.4 is 0 Å². The van der Waals surface area contributed by atoms with Gasteiger partial charge in [-0.1, -0.05) is 43.7 Å². The predicted octanol–water partition coefficient (Wildman–Crippen LogP) is 3.39. The first-order chi connectivity index (χ1) is 9.11. The van der Waals surface area contributed by atoms with Crippen LogP contribution in [-0.2, 0) is 10.0 Å². The highest BCUT2D eigenvalue weighted by Gasteiger charge is 2.53. The molecule has 7 heteroatoms. The Kier molecular flexibility index (Phi) is 3.26. The first-order valence-electron chi connectivity index (χ1n) is 6.75. The molecule has 0 N–H and O–H groups in total. The molecule has 112 valence electrons. The molecule has 2 fully saturated rings. The van der Waals surface area contributed by atoms with Gasteiger partial charge in [-0.25, -0.2) is 13.4 Å². The van der Waals surface area contributed by atoms with Crippen molar-refractivity contribution in [2.75, 3.05) is 6.54 Å². The third kappa shape index (κ3) is 2.40. The van der Waals surface area contributed by atoms with E-state index in [0.29, 0.717) is 6.54 Å². The summed E-state index contributed by atoms with van der Waals surface area (Å²) in [6, 6.07) is 0.106. The van der Waals surface area contributed by atoms with Crippen molar-refractivity contribution in [2.45, 2.75) is 50.3 Å². The Hall–Kier alpha value is -0.170. The summed E-state index contributed by atoms with van der Waals surface area (Å²) in [5, 5.41) is 0. The molecule has 1 aliphatic carbocycles. The van der Waals surface area contributed by atoms with Crippen LogP contribution in [0.2, 0.25) is 4.47 Å². The quantitative estimate of drug-likeness (QED) is 0.833. The van der Waals surface area contributed by atoms with Crippen LogP contribution in [0.4, 0.5) is 0 Å². The van der Waals surface area contributed by atoms with E-state index in [2.05, 4.69) is 25.8 Å². The van der Waals surface area contributed by atoms with Crippen molar-refractivity contribution in [2.24, 2.45) is 10.8 Å². The summed E-state index contributed by atoms with van der Waals surface area (Å²) in [5.74, 6) is 0. The molecule has 0 radical (unpaired) electrons. The van der Waals surface area contributed by atoms with Crippen LogP contribution >= 0.6 is 22.9 Å². The van der Waals surface area contributed by atoms with Crippen LogP contribution in [0.25, 0.3) is 0 Å². The summed E-state index contributed by atoms with van der Waals surface area (Å²) in [6.07, 6.45) is 4.33. The van der Waals surface area contributed by atoms with Crippen molar-refractivity contribution in [3.05, 3.63) is 10.7 Å². The van der Waals surface area contributed by atoms with Crippen molar-refractivity contribution in [3.63, 3.8) is 0 Å². The van der Waals surface area contributed by atoms with Crippen molar-refractivity contribution < 1.29 is 8.42 Å². The number of aromatic nitrogens is 1. The van der Waals surface area contributed by atoms with Gasteiger partial charge in [-0.2, -0.15) is 4.31 Å². The molecule has 1 saturated heterocycles. The Labute approximate surface area is 129 Å². The van der Waals surface area contributed by atoms with Crippen molar-refractivity contribution in [1.82, 2.24) is 9.29 Å². The fourth-order valence-electron chi connectivity index (χ4n) is 4.16. The van der Waals surface area contributed by atoms with E-state index in [1.165, 1.54) is 6.20 Å². The molecule has 0 aromatic carbocycles. The minimum atomic E-state index is -3.46. The van der Waals surface area contributed by atoms with Gasteiger partial charge in [0.15, 0.2) is 8.68 Å². The van der Waals surface area contributed by atoms with E-state index < -0.39 is 10.0 Å². The van der Waals surface area contributed by atoms with Gasteiger partial charge in [0.1, 0.15) is 0 Å². The zero-order chi connectivity index (χ0) is 14.8. The summed E-state index contributed by atoms with van der Waals surface area (Å²) >= 11 is 6.82. The lowest BCUT2D eigenvalue weighted by Gasteiger charge is -2.39. The molecule has 20 heavy (non-hydrogen) atoms. The number of fused-ring (bicyclic) bond motifs is 2. The first-order valence-corrected chi connectivity index (χ1v) is 9.38. The average Bonchev–Trinajstić information content (AvgIpc) is 2.79. The van der Waals surface area contributed by atoms with Gasteiger partial charge in [-0.05, 0) is 30.1 Å². The van der Waals surface area contributed by atoms with E-state index in [0.717, 1.165) is 30.6 Å². The van der Waals surface area contributed by atoms with Crippen LogP contribution in [0.3, 0.4) is 0 Å². The highest BCUT2D eigenvalue weighted by atomic mass is 35.5. The summed E-state index contributed by atoms with van der Waals surface area (Å²) in [7, 11) is -3.46. The molecule has 0 amide bonds. The van der Waals surface area contributed by atoms with E-state index in [-0.39, 0.29) is 25.5 Å². The van der Waals surface area contributed by atoms with E-state index in [9.17, 15) is 8.42 Å². The number of hydrogen-bond acceptors (Lipinski definition) is 4. The maximum Gasteiger partial charge on any atom is 0.254 e.